The molecule has 0 unspecified atom stereocenters. The van der Waals surface area contributed by atoms with Crippen LogP contribution >= 0.6 is 0 Å². The first-order valence-electron chi connectivity index (χ1n) is 9.32. The fraction of sp³-hybridized carbons (Fsp3) is 0.174. The van der Waals surface area contributed by atoms with Crippen LogP contribution in [0.3, 0.4) is 0 Å². The van der Waals surface area contributed by atoms with Crippen LogP contribution in [0, 0.1) is 0 Å². The van der Waals surface area contributed by atoms with Crippen molar-refractivity contribution in [3.8, 4) is 0 Å². The number of nitrogens with zero attached hydrogens (tertiary/aromatic N) is 2. The summed E-state index contributed by atoms with van der Waals surface area (Å²) in [5, 5.41) is 2.82. The lowest BCUT2D eigenvalue weighted by Gasteiger charge is -2.07. The molecule has 0 radical (unpaired) electrons. The number of hydrogen-bond donors (Lipinski definition) is 1. The van der Waals surface area contributed by atoms with Gasteiger partial charge in [0.2, 0.25) is 5.91 Å². The van der Waals surface area contributed by atoms with E-state index in [1.165, 1.54) is 0 Å². The van der Waals surface area contributed by atoms with Crippen molar-refractivity contribution in [2.45, 2.75) is 19.4 Å². The van der Waals surface area contributed by atoms with Gasteiger partial charge in [-0.05, 0) is 36.2 Å². The molecule has 0 fully saturated rings. The zero-order valence-electron chi connectivity index (χ0n) is 15.6. The highest BCUT2D eigenvalue weighted by Gasteiger charge is 2.05. The fourth-order valence-electron chi connectivity index (χ4n) is 2.80. The molecule has 1 heterocycles. The Bertz CT molecular complexity index is 979. The summed E-state index contributed by atoms with van der Waals surface area (Å²) in [4.78, 5) is 28.5. The highest BCUT2D eigenvalue weighted by atomic mass is 16.2. The molecule has 2 aromatic carbocycles. The SMILES string of the molecule is O=C(CCCNC(=O)c1ccccc1)N=c1ccccn1Cc1ccccc1. The van der Waals surface area contributed by atoms with Gasteiger partial charge in [0.05, 0.1) is 0 Å². The first-order chi connectivity index (χ1) is 13.7. The van der Waals surface area contributed by atoms with Gasteiger partial charge >= 0.3 is 0 Å². The summed E-state index contributed by atoms with van der Waals surface area (Å²) in [7, 11) is 0. The van der Waals surface area contributed by atoms with Crippen molar-refractivity contribution in [3.05, 3.63) is 102 Å². The zero-order chi connectivity index (χ0) is 19.6. The van der Waals surface area contributed by atoms with Crippen LogP contribution in [0.25, 0.3) is 0 Å². The van der Waals surface area contributed by atoms with E-state index in [1.54, 1.807) is 12.1 Å². The molecular formula is C23H23N3O2. The zero-order valence-corrected chi connectivity index (χ0v) is 15.6. The third kappa shape index (κ3) is 5.77. The van der Waals surface area contributed by atoms with Gasteiger partial charge in [-0.1, -0.05) is 54.6 Å². The number of benzene rings is 2. The van der Waals surface area contributed by atoms with Crippen molar-refractivity contribution < 1.29 is 9.59 Å². The van der Waals surface area contributed by atoms with Crippen molar-refractivity contribution in [2.24, 2.45) is 4.99 Å². The van der Waals surface area contributed by atoms with Crippen LogP contribution in [-0.4, -0.2) is 22.9 Å². The standard InChI is InChI=1S/C23H23N3O2/c27-22(15-9-16-24-23(28)20-12-5-2-6-13-20)25-21-14-7-8-17-26(21)18-19-10-3-1-4-11-19/h1-8,10-14,17H,9,15-16,18H2,(H,24,28). The predicted octanol–water partition coefficient (Wildman–Crippen LogP) is 3.17. The number of aromatic nitrogens is 1. The van der Waals surface area contributed by atoms with Crippen molar-refractivity contribution in [3.63, 3.8) is 0 Å². The third-order valence-electron chi connectivity index (χ3n) is 4.24. The number of amides is 2. The summed E-state index contributed by atoms with van der Waals surface area (Å²) in [6, 6.07) is 24.7. The third-order valence-corrected chi connectivity index (χ3v) is 4.24. The molecule has 0 bridgehead atoms. The number of rotatable bonds is 7. The molecule has 142 valence electrons. The van der Waals surface area contributed by atoms with Crippen LogP contribution in [0.5, 0.6) is 0 Å². The van der Waals surface area contributed by atoms with E-state index in [2.05, 4.69) is 10.3 Å². The topological polar surface area (TPSA) is 63.5 Å². The van der Waals surface area contributed by atoms with E-state index < -0.39 is 0 Å². The van der Waals surface area contributed by atoms with E-state index in [-0.39, 0.29) is 18.2 Å². The van der Waals surface area contributed by atoms with Gasteiger partial charge in [0.15, 0.2) is 0 Å². The lowest BCUT2D eigenvalue weighted by atomic mass is 10.2. The summed E-state index contributed by atoms with van der Waals surface area (Å²) in [5.74, 6) is -0.323. The second kappa shape index (κ2) is 10.0. The van der Waals surface area contributed by atoms with Crippen LogP contribution in [0.15, 0.2) is 90.1 Å². The highest BCUT2D eigenvalue weighted by molar-refractivity contribution is 5.94. The van der Waals surface area contributed by atoms with Gasteiger partial charge in [0.25, 0.3) is 5.91 Å². The summed E-state index contributed by atoms with van der Waals surface area (Å²) in [6.07, 6.45) is 2.75. The smallest absolute Gasteiger partial charge is 0.251 e. The Kier molecular flexibility index (Phi) is 6.90. The summed E-state index contributed by atoms with van der Waals surface area (Å²) in [6.45, 7) is 1.09. The molecule has 28 heavy (non-hydrogen) atoms. The minimum absolute atomic E-state index is 0.131. The largest absolute Gasteiger partial charge is 0.352 e. The Morgan fingerprint density at radius 3 is 2.29 bits per heavy atom. The molecule has 3 rings (SSSR count). The summed E-state index contributed by atoms with van der Waals surface area (Å²) in [5.41, 5.74) is 2.39. The van der Waals surface area contributed by atoms with E-state index in [9.17, 15) is 9.59 Å². The van der Waals surface area contributed by atoms with Crippen LogP contribution < -0.4 is 10.8 Å². The number of carbonyl (C=O) groups excluding carboxylic acids is 2. The van der Waals surface area contributed by atoms with Crippen LogP contribution in [0.2, 0.25) is 0 Å². The monoisotopic (exact) mass is 373 g/mol. The van der Waals surface area contributed by atoms with Gasteiger partial charge < -0.3 is 9.88 Å². The molecule has 0 atom stereocenters. The molecule has 5 heteroatoms. The van der Waals surface area contributed by atoms with Crippen molar-refractivity contribution in [2.75, 3.05) is 6.54 Å². The Morgan fingerprint density at radius 1 is 0.857 bits per heavy atom. The minimum atomic E-state index is -0.193. The highest BCUT2D eigenvalue weighted by Crippen LogP contribution is 2.01. The van der Waals surface area contributed by atoms with Crippen molar-refractivity contribution in [1.82, 2.24) is 9.88 Å². The molecule has 0 aliphatic carbocycles. The minimum Gasteiger partial charge on any atom is -0.352 e. The van der Waals surface area contributed by atoms with E-state index in [0.717, 1.165) is 5.56 Å². The summed E-state index contributed by atoms with van der Waals surface area (Å²) < 4.78 is 1.95. The Labute approximate surface area is 164 Å². The number of hydrogen-bond acceptors (Lipinski definition) is 2. The van der Waals surface area contributed by atoms with Gasteiger partial charge in [0, 0.05) is 31.3 Å². The molecule has 0 aliphatic rings. The molecule has 5 nitrogen and oxygen atoms in total. The van der Waals surface area contributed by atoms with Crippen molar-refractivity contribution in [1.29, 1.82) is 0 Å². The lowest BCUT2D eigenvalue weighted by Crippen LogP contribution is -2.25. The average molecular weight is 373 g/mol. The first kappa shape index (κ1) is 19.3. The van der Waals surface area contributed by atoms with Crippen LogP contribution in [-0.2, 0) is 11.3 Å². The van der Waals surface area contributed by atoms with E-state index in [4.69, 9.17) is 0 Å². The number of nitrogens with one attached hydrogen (secondary N) is 1. The molecular weight excluding hydrogens is 350 g/mol. The Balaban J connectivity index is 1.54. The van der Waals surface area contributed by atoms with E-state index >= 15 is 0 Å². The molecule has 3 aromatic rings. The van der Waals surface area contributed by atoms with E-state index in [0.29, 0.717) is 30.6 Å². The van der Waals surface area contributed by atoms with Gasteiger partial charge in [0.1, 0.15) is 5.49 Å². The lowest BCUT2D eigenvalue weighted by molar-refractivity contribution is -0.118. The molecule has 0 saturated carbocycles. The second-order valence-corrected chi connectivity index (χ2v) is 6.40. The number of pyridine rings is 1. The average Bonchev–Trinajstić information content (AvgIpc) is 2.74. The van der Waals surface area contributed by atoms with E-state index in [1.807, 2.05) is 77.5 Å². The maximum absolute atomic E-state index is 12.2. The Morgan fingerprint density at radius 2 is 1.54 bits per heavy atom. The molecule has 0 saturated heterocycles. The number of carbonyl (C=O) groups is 2. The van der Waals surface area contributed by atoms with Crippen LogP contribution in [0.4, 0.5) is 0 Å². The van der Waals surface area contributed by atoms with Crippen molar-refractivity contribution >= 4 is 11.8 Å². The van der Waals surface area contributed by atoms with Gasteiger partial charge in [-0.15, -0.1) is 0 Å². The van der Waals surface area contributed by atoms with Crippen LogP contribution in [0.1, 0.15) is 28.8 Å². The fourth-order valence-corrected chi connectivity index (χ4v) is 2.80. The predicted molar refractivity (Wildman–Crippen MR) is 109 cm³/mol. The normalized spacial score (nSPS) is 11.2. The molecule has 2 amide bonds. The molecule has 1 aromatic heterocycles. The molecule has 0 spiro atoms. The maximum atomic E-state index is 12.2. The second-order valence-electron chi connectivity index (χ2n) is 6.40. The van der Waals surface area contributed by atoms with Gasteiger partial charge in [-0.25, -0.2) is 0 Å². The van der Waals surface area contributed by atoms with Gasteiger partial charge in [-0.3, -0.25) is 9.59 Å². The maximum Gasteiger partial charge on any atom is 0.251 e. The molecule has 0 aliphatic heterocycles. The summed E-state index contributed by atoms with van der Waals surface area (Å²) >= 11 is 0. The Hall–Kier alpha value is -3.47. The van der Waals surface area contributed by atoms with Gasteiger partial charge in [-0.2, -0.15) is 4.99 Å². The first-order valence-corrected chi connectivity index (χ1v) is 9.32. The quantitative estimate of drug-likeness (QED) is 0.647. The molecule has 1 N–H and O–H groups in total.